The zero-order valence-corrected chi connectivity index (χ0v) is 14.6. The molecule has 0 aliphatic heterocycles. The molecule has 124 valence electrons. The summed E-state index contributed by atoms with van der Waals surface area (Å²) in [5, 5.41) is 10.4. The van der Waals surface area contributed by atoms with Gasteiger partial charge in [-0.05, 0) is 17.7 Å². The molecule has 4 nitrogen and oxygen atoms in total. The molecule has 0 fully saturated rings. The average Bonchev–Trinajstić information content (AvgIpc) is 3.06. The first-order valence-corrected chi connectivity index (χ1v) is 7.26. The highest BCUT2D eigenvalue weighted by atomic mass is 35.5. The molecule has 1 heterocycles. The minimum Gasteiger partial charge on any atom is -0.326 e. The molecule has 0 atom stereocenters. The highest BCUT2D eigenvalue weighted by Crippen LogP contribution is 2.39. The minimum atomic E-state index is -0.0659. The van der Waals surface area contributed by atoms with E-state index in [1.165, 1.54) is 23.6 Å². The summed E-state index contributed by atoms with van der Waals surface area (Å²) in [6.07, 6.45) is 0.908. The van der Waals surface area contributed by atoms with Crippen LogP contribution in [-0.4, -0.2) is 16.1 Å². The topological polar surface area (TPSA) is 57.8 Å². The van der Waals surface area contributed by atoms with Crippen LogP contribution in [-0.2, 0) is 11.2 Å². The number of rotatable bonds is 2. The van der Waals surface area contributed by atoms with E-state index in [1.807, 2.05) is 24.3 Å². The van der Waals surface area contributed by atoms with Gasteiger partial charge >= 0.3 is 0 Å². The van der Waals surface area contributed by atoms with Crippen LogP contribution in [0.2, 0.25) is 0 Å². The van der Waals surface area contributed by atoms with Gasteiger partial charge in [0.25, 0.3) is 0 Å². The smallest absolute Gasteiger partial charge is 0.221 e. The number of hydrogen-bond donors (Lipinski definition) is 2. The normalized spacial score (nSPS) is 10.9. The number of H-pyrrole nitrogens is 1. The number of benzene rings is 2. The first-order valence-electron chi connectivity index (χ1n) is 7.26. The number of aromatic nitrogens is 2. The van der Waals surface area contributed by atoms with Crippen molar-refractivity contribution in [2.24, 2.45) is 0 Å². The predicted octanol–water partition coefficient (Wildman–Crippen LogP) is 4.45. The van der Waals surface area contributed by atoms with Gasteiger partial charge in [-0.15, -0.1) is 24.8 Å². The molecule has 2 N–H and O–H groups in total. The van der Waals surface area contributed by atoms with E-state index in [-0.39, 0.29) is 30.7 Å². The fourth-order valence-corrected chi connectivity index (χ4v) is 3.02. The summed E-state index contributed by atoms with van der Waals surface area (Å²) >= 11 is 0. The number of nitrogens with one attached hydrogen (secondary N) is 2. The van der Waals surface area contributed by atoms with E-state index in [9.17, 15) is 4.79 Å². The molecule has 1 aliphatic rings. The highest BCUT2D eigenvalue weighted by molar-refractivity contribution is 5.89. The van der Waals surface area contributed by atoms with Crippen molar-refractivity contribution in [2.45, 2.75) is 13.3 Å². The van der Waals surface area contributed by atoms with Crippen molar-refractivity contribution < 1.29 is 4.79 Å². The van der Waals surface area contributed by atoms with E-state index in [1.54, 1.807) is 0 Å². The second kappa shape index (κ2) is 7.07. The summed E-state index contributed by atoms with van der Waals surface area (Å²) in [4.78, 5) is 11.1. The number of fused-ring (bicyclic) bond motifs is 3. The molecule has 1 aliphatic carbocycles. The monoisotopic (exact) mass is 361 g/mol. The van der Waals surface area contributed by atoms with Crippen LogP contribution >= 0.6 is 24.8 Å². The van der Waals surface area contributed by atoms with Crippen molar-refractivity contribution in [3.05, 3.63) is 59.7 Å². The van der Waals surface area contributed by atoms with E-state index in [0.29, 0.717) is 0 Å². The van der Waals surface area contributed by atoms with E-state index in [0.717, 1.165) is 29.1 Å². The summed E-state index contributed by atoms with van der Waals surface area (Å²) in [5.41, 5.74) is 7.78. The average molecular weight is 362 g/mol. The molecule has 0 bridgehead atoms. The number of hydrogen-bond acceptors (Lipinski definition) is 2. The van der Waals surface area contributed by atoms with Crippen molar-refractivity contribution >= 4 is 36.4 Å². The third kappa shape index (κ3) is 3.03. The Morgan fingerprint density at radius 2 is 1.79 bits per heavy atom. The largest absolute Gasteiger partial charge is 0.326 e. The lowest BCUT2D eigenvalue weighted by atomic mass is 10.1. The van der Waals surface area contributed by atoms with Gasteiger partial charge in [-0.1, -0.05) is 36.4 Å². The Labute approximate surface area is 152 Å². The van der Waals surface area contributed by atoms with Gasteiger partial charge in [-0.3, -0.25) is 9.89 Å². The molecule has 0 saturated carbocycles. The Morgan fingerprint density at radius 1 is 1.08 bits per heavy atom. The summed E-state index contributed by atoms with van der Waals surface area (Å²) in [6, 6.07) is 16.2. The van der Waals surface area contributed by atoms with Crippen molar-refractivity contribution in [1.29, 1.82) is 0 Å². The lowest BCUT2D eigenvalue weighted by Gasteiger charge is -2.04. The van der Waals surface area contributed by atoms with Gasteiger partial charge in [0.15, 0.2) is 0 Å². The quantitative estimate of drug-likeness (QED) is 0.554. The van der Waals surface area contributed by atoms with Crippen molar-refractivity contribution in [3.63, 3.8) is 0 Å². The third-order valence-electron chi connectivity index (χ3n) is 4.00. The van der Waals surface area contributed by atoms with Crippen molar-refractivity contribution in [2.75, 3.05) is 5.32 Å². The Kier molecular flexibility index (Phi) is 5.32. The van der Waals surface area contributed by atoms with Crippen LogP contribution < -0.4 is 5.32 Å². The number of halogens is 2. The van der Waals surface area contributed by atoms with Crippen LogP contribution in [0.15, 0.2) is 48.5 Å². The molecule has 0 unspecified atom stereocenters. The fraction of sp³-hybridized carbons (Fsp3) is 0.111. The van der Waals surface area contributed by atoms with E-state index >= 15 is 0 Å². The molecular formula is C18H17Cl2N3O. The first-order chi connectivity index (χ1) is 10.7. The van der Waals surface area contributed by atoms with Gasteiger partial charge in [-0.25, -0.2) is 0 Å². The van der Waals surface area contributed by atoms with Gasteiger partial charge in [-0.2, -0.15) is 5.10 Å². The summed E-state index contributed by atoms with van der Waals surface area (Å²) < 4.78 is 0. The Balaban J connectivity index is 0.00000104. The molecular weight excluding hydrogens is 345 g/mol. The molecule has 1 amide bonds. The van der Waals surface area contributed by atoms with Crippen LogP contribution in [0, 0.1) is 0 Å². The second-order valence-electron chi connectivity index (χ2n) is 5.52. The fourth-order valence-electron chi connectivity index (χ4n) is 3.02. The Hall–Kier alpha value is -2.30. The van der Waals surface area contributed by atoms with Gasteiger partial charge in [0.2, 0.25) is 5.91 Å². The molecule has 24 heavy (non-hydrogen) atoms. The zero-order chi connectivity index (χ0) is 15.1. The maximum absolute atomic E-state index is 11.1. The highest BCUT2D eigenvalue weighted by Gasteiger charge is 2.24. The van der Waals surface area contributed by atoms with Crippen LogP contribution in [0.4, 0.5) is 5.69 Å². The minimum absolute atomic E-state index is 0. The molecule has 1 aromatic heterocycles. The van der Waals surface area contributed by atoms with E-state index in [4.69, 9.17) is 0 Å². The van der Waals surface area contributed by atoms with Crippen LogP contribution in [0.25, 0.3) is 22.5 Å². The van der Waals surface area contributed by atoms with Crippen LogP contribution in [0.1, 0.15) is 18.1 Å². The zero-order valence-electron chi connectivity index (χ0n) is 13.0. The third-order valence-corrected chi connectivity index (χ3v) is 4.00. The molecule has 0 spiro atoms. The second-order valence-corrected chi connectivity index (χ2v) is 5.52. The summed E-state index contributed by atoms with van der Waals surface area (Å²) in [7, 11) is 0. The molecule has 2 aromatic carbocycles. The molecule has 3 aromatic rings. The number of carbonyl (C=O) groups excluding carboxylic acids is 1. The van der Waals surface area contributed by atoms with Gasteiger partial charge in [0.1, 0.15) is 0 Å². The predicted molar refractivity (Wildman–Crippen MR) is 101 cm³/mol. The number of carbonyl (C=O) groups is 1. The Bertz CT molecular complexity index is 872. The lowest BCUT2D eigenvalue weighted by molar-refractivity contribution is -0.114. The maximum Gasteiger partial charge on any atom is 0.221 e. The van der Waals surface area contributed by atoms with E-state index in [2.05, 4.69) is 39.8 Å². The lowest BCUT2D eigenvalue weighted by Crippen LogP contribution is -2.05. The molecule has 6 heteroatoms. The number of amides is 1. The standard InChI is InChI=1S/C18H15N3O.2ClH/c1-11(22)19-14-8-6-12(7-9-14)17-16-10-13-4-2-3-5-15(13)18(16)21-20-17;;/h2-9H,10H2,1H3,(H,19,22)(H,20,21);2*1H. The van der Waals surface area contributed by atoms with Gasteiger partial charge in [0, 0.05) is 35.7 Å². The molecule has 4 rings (SSSR count). The van der Waals surface area contributed by atoms with Crippen molar-refractivity contribution in [3.8, 4) is 22.5 Å². The first kappa shape index (κ1) is 18.0. The SMILES string of the molecule is CC(=O)Nc1ccc(-c2n[nH]c3c2Cc2ccccc2-3)cc1.Cl.Cl. The summed E-state index contributed by atoms with van der Waals surface area (Å²) in [6.45, 7) is 1.51. The van der Waals surface area contributed by atoms with E-state index < -0.39 is 0 Å². The van der Waals surface area contributed by atoms with Crippen molar-refractivity contribution in [1.82, 2.24) is 10.2 Å². The van der Waals surface area contributed by atoms with Crippen LogP contribution in [0.5, 0.6) is 0 Å². The molecule has 0 radical (unpaired) electrons. The maximum atomic E-state index is 11.1. The number of anilines is 1. The summed E-state index contributed by atoms with van der Waals surface area (Å²) in [5.74, 6) is -0.0659. The van der Waals surface area contributed by atoms with Gasteiger partial charge in [0.05, 0.1) is 11.4 Å². The number of aromatic amines is 1. The van der Waals surface area contributed by atoms with Crippen LogP contribution in [0.3, 0.4) is 0 Å². The molecule has 0 saturated heterocycles. The number of nitrogens with zero attached hydrogens (tertiary/aromatic N) is 1. The van der Waals surface area contributed by atoms with Gasteiger partial charge < -0.3 is 5.32 Å². The Morgan fingerprint density at radius 3 is 2.50 bits per heavy atom.